The fraction of sp³-hybridized carbons (Fsp3) is 0.235. The van der Waals surface area contributed by atoms with Crippen LogP contribution in [0.25, 0.3) is 0 Å². The van der Waals surface area contributed by atoms with Gasteiger partial charge in [0.15, 0.2) is 0 Å². The third-order valence-electron chi connectivity index (χ3n) is 3.16. The van der Waals surface area contributed by atoms with Crippen LogP contribution in [0.2, 0.25) is 0 Å². The number of hydrogen-bond acceptors (Lipinski definition) is 3. The van der Waals surface area contributed by atoms with Gasteiger partial charge in [-0.1, -0.05) is 35.8 Å². The van der Waals surface area contributed by atoms with Crippen LogP contribution in [0.5, 0.6) is 11.5 Å². The molecule has 0 fully saturated rings. The minimum absolute atomic E-state index is 0.0928. The van der Waals surface area contributed by atoms with E-state index in [0.29, 0.717) is 22.8 Å². The van der Waals surface area contributed by atoms with Gasteiger partial charge in [0, 0.05) is 4.47 Å². The number of aliphatic hydroxyl groups is 1. The van der Waals surface area contributed by atoms with E-state index in [0.717, 1.165) is 15.8 Å². The predicted molar refractivity (Wildman–Crippen MR) is 85.4 cm³/mol. The molecule has 0 aromatic heterocycles. The lowest BCUT2D eigenvalue weighted by atomic mass is 10.0. The second kappa shape index (κ2) is 6.75. The van der Waals surface area contributed by atoms with Crippen LogP contribution in [0.1, 0.15) is 36.5 Å². The minimum Gasteiger partial charge on any atom is -0.456 e. The van der Waals surface area contributed by atoms with Crippen molar-refractivity contribution in [3.8, 4) is 17.6 Å². The summed E-state index contributed by atoms with van der Waals surface area (Å²) < 4.78 is 6.92. The molecule has 108 valence electrons. The third-order valence-corrected chi connectivity index (χ3v) is 3.65. The van der Waals surface area contributed by atoms with E-state index in [9.17, 15) is 5.26 Å². The summed E-state index contributed by atoms with van der Waals surface area (Å²) in [5, 5.41) is 18.4. The van der Waals surface area contributed by atoms with Crippen LogP contribution in [0.15, 0.2) is 40.9 Å². The first-order valence-corrected chi connectivity index (χ1v) is 7.45. The lowest BCUT2D eigenvalue weighted by Gasteiger charge is -2.15. The van der Waals surface area contributed by atoms with Gasteiger partial charge in [0.05, 0.1) is 12.2 Å². The molecule has 0 heterocycles. The molecule has 0 spiro atoms. The molecule has 0 saturated carbocycles. The van der Waals surface area contributed by atoms with Crippen molar-refractivity contribution < 1.29 is 9.84 Å². The van der Waals surface area contributed by atoms with Crippen LogP contribution >= 0.6 is 15.9 Å². The molecule has 0 bridgehead atoms. The summed E-state index contributed by atoms with van der Waals surface area (Å²) in [7, 11) is 0. The fourth-order valence-electron chi connectivity index (χ4n) is 2.03. The van der Waals surface area contributed by atoms with Crippen molar-refractivity contribution in [2.75, 3.05) is 0 Å². The van der Waals surface area contributed by atoms with Gasteiger partial charge in [0.2, 0.25) is 0 Å². The fourth-order valence-corrected chi connectivity index (χ4v) is 2.41. The molecule has 3 nitrogen and oxygen atoms in total. The highest BCUT2D eigenvalue weighted by Gasteiger charge is 2.12. The largest absolute Gasteiger partial charge is 0.456 e. The monoisotopic (exact) mass is 345 g/mol. The zero-order chi connectivity index (χ0) is 15.4. The van der Waals surface area contributed by atoms with E-state index in [4.69, 9.17) is 9.84 Å². The molecule has 0 aliphatic rings. The van der Waals surface area contributed by atoms with E-state index in [1.54, 1.807) is 18.2 Å². The Morgan fingerprint density at radius 3 is 2.52 bits per heavy atom. The average Bonchev–Trinajstić information content (AvgIpc) is 2.49. The van der Waals surface area contributed by atoms with Crippen LogP contribution in [-0.2, 0) is 6.61 Å². The van der Waals surface area contributed by atoms with Gasteiger partial charge in [0.25, 0.3) is 0 Å². The van der Waals surface area contributed by atoms with Crippen molar-refractivity contribution in [1.29, 1.82) is 5.26 Å². The summed E-state index contributed by atoms with van der Waals surface area (Å²) in [5.41, 5.74) is 2.18. The molecule has 0 aliphatic heterocycles. The zero-order valence-electron chi connectivity index (χ0n) is 11.9. The molecule has 0 atom stereocenters. The average molecular weight is 346 g/mol. The second-order valence-corrected chi connectivity index (χ2v) is 5.96. The molecular weight excluding hydrogens is 330 g/mol. The van der Waals surface area contributed by atoms with Crippen LogP contribution in [0, 0.1) is 11.3 Å². The Kier molecular flexibility index (Phi) is 5.00. The Bertz CT molecular complexity index is 690. The summed E-state index contributed by atoms with van der Waals surface area (Å²) in [5.74, 6) is 1.54. The Balaban J connectivity index is 2.41. The highest BCUT2D eigenvalue weighted by Crippen LogP contribution is 2.34. The molecule has 0 saturated heterocycles. The molecule has 2 aromatic rings. The number of ether oxygens (including phenoxy) is 1. The summed E-state index contributed by atoms with van der Waals surface area (Å²) in [6.45, 7) is 4.09. The number of nitrogens with zero attached hydrogens (tertiary/aromatic N) is 1. The summed E-state index contributed by atoms with van der Waals surface area (Å²) >= 11 is 3.46. The Labute approximate surface area is 132 Å². The highest BCUT2D eigenvalue weighted by molar-refractivity contribution is 9.10. The first-order valence-electron chi connectivity index (χ1n) is 6.66. The van der Waals surface area contributed by atoms with Crippen LogP contribution in [-0.4, -0.2) is 5.11 Å². The van der Waals surface area contributed by atoms with Crippen LogP contribution < -0.4 is 4.74 Å². The lowest BCUT2D eigenvalue weighted by molar-refractivity contribution is 0.281. The van der Waals surface area contributed by atoms with Crippen molar-refractivity contribution in [2.45, 2.75) is 26.4 Å². The van der Waals surface area contributed by atoms with Gasteiger partial charge in [-0.25, -0.2) is 0 Å². The number of aliphatic hydroxyl groups excluding tert-OH is 1. The lowest BCUT2D eigenvalue weighted by Crippen LogP contribution is -1.96. The first-order chi connectivity index (χ1) is 10.0. The van der Waals surface area contributed by atoms with Crippen molar-refractivity contribution in [2.24, 2.45) is 0 Å². The van der Waals surface area contributed by atoms with Crippen molar-refractivity contribution >= 4 is 15.9 Å². The Morgan fingerprint density at radius 1 is 1.19 bits per heavy atom. The van der Waals surface area contributed by atoms with Gasteiger partial charge < -0.3 is 9.84 Å². The molecule has 2 aromatic carbocycles. The molecule has 0 unspecified atom stereocenters. The van der Waals surface area contributed by atoms with Gasteiger partial charge in [0.1, 0.15) is 17.6 Å². The Morgan fingerprint density at radius 2 is 1.90 bits per heavy atom. The SMILES string of the molecule is CC(C)c1cc(Br)ccc1Oc1ccc(CO)cc1C#N. The maximum absolute atomic E-state index is 9.22. The van der Waals surface area contributed by atoms with Crippen molar-refractivity contribution in [3.05, 3.63) is 57.6 Å². The van der Waals surface area contributed by atoms with Gasteiger partial charge in [-0.15, -0.1) is 0 Å². The van der Waals surface area contributed by atoms with Gasteiger partial charge >= 0.3 is 0 Å². The smallest absolute Gasteiger partial charge is 0.145 e. The van der Waals surface area contributed by atoms with Crippen LogP contribution in [0.4, 0.5) is 0 Å². The van der Waals surface area contributed by atoms with E-state index in [2.05, 4.69) is 35.8 Å². The maximum atomic E-state index is 9.22. The summed E-state index contributed by atoms with van der Waals surface area (Å²) in [6.07, 6.45) is 0. The number of nitriles is 1. The molecular formula is C17H16BrNO2. The predicted octanol–water partition coefficient (Wildman–Crippen LogP) is 4.73. The van der Waals surface area contributed by atoms with E-state index < -0.39 is 0 Å². The van der Waals surface area contributed by atoms with Crippen LogP contribution in [0.3, 0.4) is 0 Å². The molecule has 0 amide bonds. The highest BCUT2D eigenvalue weighted by atomic mass is 79.9. The zero-order valence-corrected chi connectivity index (χ0v) is 13.5. The molecule has 0 aliphatic carbocycles. The number of benzene rings is 2. The van der Waals surface area contributed by atoms with Crippen molar-refractivity contribution in [1.82, 2.24) is 0 Å². The standard InChI is InChI=1S/C17H16BrNO2/c1-11(2)15-8-14(18)4-6-17(15)21-16-5-3-12(10-20)7-13(16)9-19/h3-8,11,20H,10H2,1-2H3. The minimum atomic E-state index is -0.0928. The number of rotatable bonds is 4. The number of halogens is 1. The van der Waals surface area contributed by atoms with Crippen molar-refractivity contribution in [3.63, 3.8) is 0 Å². The van der Waals surface area contributed by atoms with E-state index in [-0.39, 0.29) is 6.61 Å². The molecule has 4 heteroatoms. The second-order valence-electron chi connectivity index (χ2n) is 5.04. The maximum Gasteiger partial charge on any atom is 0.145 e. The summed E-state index contributed by atoms with van der Waals surface area (Å²) in [6, 6.07) is 13.0. The van der Waals surface area contributed by atoms with E-state index >= 15 is 0 Å². The third kappa shape index (κ3) is 3.63. The molecule has 0 radical (unpaired) electrons. The van der Waals surface area contributed by atoms with E-state index in [1.807, 2.05) is 18.2 Å². The Hall–Kier alpha value is -1.83. The normalized spacial score (nSPS) is 10.5. The molecule has 2 rings (SSSR count). The molecule has 1 N–H and O–H groups in total. The van der Waals surface area contributed by atoms with E-state index in [1.165, 1.54) is 0 Å². The van der Waals surface area contributed by atoms with Gasteiger partial charge in [-0.2, -0.15) is 5.26 Å². The van der Waals surface area contributed by atoms with Gasteiger partial charge in [-0.3, -0.25) is 0 Å². The summed E-state index contributed by atoms with van der Waals surface area (Å²) in [4.78, 5) is 0. The topological polar surface area (TPSA) is 53.2 Å². The number of hydrogen-bond donors (Lipinski definition) is 1. The first kappa shape index (κ1) is 15.6. The molecule has 21 heavy (non-hydrogen) atoms. The van der Waals surface area contributed by atoms with Gasteiger partial charge in [-0.05, 0) is 47.4 Å². The quantitative estimate of drug-likeness (QED) is 0.871.